The van der Waals surface area contributed by atoms with Gasteiger partial charge in [0.1, 0.15) is 0 Å². The fourth-order valence-corrected chi connectivity index (χ4v) is 5.07. The third-order valence-corrected chi connectivity index (χ3v) is 6.25. The lowest BCUT2D eigenvalue weighted by atomic mass is 10.1. The molecule has 1 atom stereocenters. The predicted molar refractivity (Wildman–Crippen MR) is 95.6 cm³/mol. The Kier molecular flexibility index (Phi) is 13.3. The van der Waals surface area contributed by atoms with E-state index in [1.54, 1.807) is 0 Å². The second kappa shape index (κ2) is 15.0. The third kappa shape index (κ3) is 12.5. The first-order valence-electron chi connectivity index (χ1n) is 8.04. The van der Waals surface area contributed by atoms with Crippen molar-refractivity contribution in [1.29, 1.82) is 0 Å². The quantitative estimate of drug-likeness (QED) is 0.168. The van der Waals surface area contributed by atoms with Gasteiger partial charge in [-0.3, -0.25) is 4.79 Å². The van der Waals surface area contributed by atoms with Gasteiger partial charge in [0, 0.05) is 35.4 Å². The first-order chi connectivity index (χ1) is 11.3. The highest BCUT2D eigenvalue weighted by atomic mass is 33.1. The minimum atomic E-state index is 0.104. The van der Waals surface area contributed by atoms with E-state index < -0.39 is 0 Å². The zero-order valence-corrected chi connectivity index (χ0v) is 15.1. The van der Waals surface area contributed by atoms with Crippen molar-refractivity contribution < 1.29 is 14.3 Å². The van der Waals surface area contributed by atoms with Crippen LogP contribution < -0.4 is 5.32 Å². The lowest BCUT2D eigenvalue weighted by Crippen LogP contribution is -2.27. The van der Waals surface area contributed by atoms with Crippen molar-refractivity contribution in [2.45, 2.75) is 37.4 Å². The van der Waals surface area contributed by atoms with Gasteiger partial charge in [-0.15, -0.1) is 0 Å². The van der Waals surface area contributed by atoms with Gasteiger partial charge in [0.05, 0.1) is 26.4 Å². The molecule has 0 aromatic carbocycles. The Morgan fingerprint density at radius 2 is 2.09 bits per heavy atom. The van der Waals surface area contributed by atoms with Crippen LogP contribution in [0.4, 0.5) is 0 Å². The van der Waals surface area contributed by atoms with Crippen molar-refractivity contribution in [1.82, 2.24) is 5.32 Å². The number of hydrogen-bond acceptors (Lipinski definition) is 6. The summed E-state index contributed by atoms with van der Waals surface area (Å²) in [5, 5.41) is 7.01. The topological polar surface area (TPSA) is 96.3 Å². The summed E-state index contributed by atoms with van der Waals surface area (Å²) in [4.78, 5) is 14.3. The summed E-state index contributed by atoms with van der Waals surface area (Å²) in [7, 11) is 3.96. The Balaban J connectivity index is 1.78. The van der Waals surface area contributed by atoms with E-state index in [2.05, 4.69) is 15.3 Å². The first-order valence-corrected chi connectivity index (χ1v) is 10.4. The second-order valence-corrected chi connectivity index (χ2v) is 7.89. The Morgan fingerprint density at radius 3 is 2.83 bits per heavy atom. The van der Waals surface area contributed by atoms with E-state index in [9.17, 15) is 4.79 Å². The van der Waals surface area contributed by atoms with Crippen molar-refractivity contribution in [2.75, 3.05) is 45.3 Å². The van der Waals surface area contributed by atoms with Gasteiger partial charge < -0.3 is 14.8 Å². The summed E-state index contributed by atoms with van der Waals surface area (Å²) < 4.78 is 10.5. The van der Waals surface area contributed by atoms with E-state index >= 15 is 0 Å². The van der Waals surface area contributed by atoms with Gasteiger partial charge in [0.15, 0.2) is 0 Å². The van der Waals surface area contributed by atoms with Crippen LogP contribution in [0.25, 0.3) is 10.4 Å². The molecule has 0 aromatic rings. The van der Waals surface area contributed by atoms with Crippen molar-refractivity contribution in [3.05, 3.63) is 10.4 Å². The molecule has 1 heterocycles. The maximum Gasteiger partial charge on any atom is 0.220 e. The normalized spacial score (nSPS) is 17.0. The highest BCUT2D eigenvalue weighted by Crippen LogP contribution is 2.39. The summed E-state index contributed by atoms with van der Waals surface area (Å²) in [6.07, 6.45) is 5.25. The molecule has 1 fully saturated rings. The van der Waals surface area contributed by atoms with Gasteiger partial charge in [-0.1, -0.05) is 33.1 Å². The van der Waals surface area contributed by atoms with Gasteiger partial charge in [0.2, 0.25) is 5.91 Å². The third-order valence-electron chi connectivity index (χ3n) is 3.25. The summed E-state index contributed by atoms with van der Waals surface area (Å²) in [5.74, 6) is 1.38. The highest BCUT2D eigenvalue weighted by molar-refractivity contribution is 8.77. The molecule has 1 saturated heterocycles. The molecule has 0 aliphatic carbocycles. The molecule has 1 amide bonds. The zero-order valence-electron chi connectivity index (χ0n) is 13.4. The summed E-state index contributed by atoms with van der Waals surface area (Å²) >= 11 is 0. The van der Waals surface area contributed by atoms with E-state index in [-0.39, 0.29) is 5.91 Å². The van der Waals surface area contributed by atoms with Crippen LogP contribution in [0.2, 0.25) is 0 Å². The van der Waals surface area contributed by atoms with E-state index in [1.165, 1.54) is 18.6 Å². The molecule has 0 saturated carbocycles. The first kappa shape index (κ1) is 20.4. The summed E-state index contributed by atoms with van der Waals surface area (Å²) in [6.45, 7) is 2.71. The fourth-order valence-electron chi connectivity index (χ4n) is 2.05. The Hall–Kier alpha value is -0.600. The molecule has 0 spiro atoms. The minimum Gasteiger partial charge on any atom is -0.379 e. The van der Waals surface area contributed by atoms with Crippen LogP contribution in [0.1, 0.15) is 32.1 Å². The average Bonchev–Trinajstić information content (AvgIpc) is 3.07. The number of amides is 1. The fraction of sp³-hybridized carbons (Fsp3) is 0.929. The molecule has 0 radical (unpaired) electrons. The Bertz CT molecular complexity index is 362. The molecule has 1 N–H and O–H groups in total. The number of carbonyl (C=O) groups excluding carboxylic acids is 1. The second-order valence-electron chi connectivity index (χ2n) is 5.10. The van der Waals surface area contributed by atoms with Crippen molar-refractivity contribution in [3.63, 3.8) is 0 Å². The van der Waals surface area contributed by atoms with Gasteiger partial charge >= 0.3 is 0 Å². The highest BCUT2D eigenvalue weighted by Gasteiger charge is 2.15. The number of nitrogens with zero attached hydrogens (tertiary/aromatic N) is 3. The predicted octanol–water partition coefficient (Wildman–Crippen LogP) is 3.16. The molecule has 1 aliphatic rings. The molecule has 132 valence electrons. The number of ether oxygens (including phenoxy) is 2. The smallest absolute Gasteiger partial charge is 0.220 e. The summed E-state index contributed by atoms with van der Waals surface area (Å²) in [5.41, 5.74) is 8.07. The molecular formula is C14H26N4O3S2. The monoisotopic (exact) mass is 362 g/mol. The number of nitrogens with one attached hydrogen (secondary N) is 1. The zero-order chi connectivity index (χ0) is 16.6. The van der Waals surface area contributed by atoms with Gasteiger partial charge in [-0.2, -0.15) is 0 Å². The molecule has 1 rings (SSSR count). The van der Waals surface area contributed by atoms with Gasteiger partial charge in [-0.05, 0) is 24.8 Å². The van der Waals surface area contributed by atoms with Crippen molar-refractivity contribution in [2.24, 2.45) is 5.11 Å². The lowest BCUT2D eigenvalue weighted by Gasteiger charge is -2.08. The number of rotatable bonds is 14. The van der Waals surface area contributed by atoms with Crippen LogP contribution in [0.5, 0.6) is 0 Å². The van der Waals surface area contributed by atoms with Gasteiger partial charge in [0.25, 0.3) is 0 Å². The standard InChI is InChI=1S/C14H26N4O3S2/c15-18-17-7-9-21-11-10-20-8-6-16-14(19)4-2-1-3-13-5-12-22-23-13/h13H,1-12H2,(H,16,19). The molecule has 7 nitrogen and oxygen atoms in total. The molecular weight excluding hydrogens is 336 g/mol. The van der Waals surface area contributed by atoms with E-state index in [0.717, 1.165) is 18.1 Å². The Labute approximate surface area is 145 Å². The van der Waals surface area contributed by atoms with E-state index in [1.807, 2.05) is 21.6 Å². The van der Waals surface area contributed by atoms with E-state index in [0.29, 0.717) is 45.9 Å². The molecule has 9 heteroatoms. The lowest BCUT2D eigenvalue weighted by molar-refractivity contribution is -0.121. The molecule has 1 aliphatic heterocycles. The number of unbranched alkanes of at least 4 members (excludes halogenated alkanes) is 1. The molecule has 1 unspecified atom stereocenters. The Morgan fingerprint density at radius 1 is 1.26 bits per heavy atom. The maximum atomic E-state index is 11.6. The largest absolute Gasteiger partial charge is 0.379 e. The molecule has 23 heavy (non-hydrogen) atoms. The number of carbonyl (C=O) groups is 1. The SMILES string of the molecule is [N-]=[N+]=NCCOCCOCCNC(=O)CCCCC1CCSS1. The number of hydrogen-bond donors (Lipinski definition) is 1. The van der Waals surface area contributed by atoms with Crippen LogP contribution in [0.3, 0.4) is 0 Å². The summed E-state index contributed by atoms with van der Waals surface area (Å²) in [6, 6.07) is 0. The number of azide groups is 1. The maximum absolute atomic E-state index is 11.6. The van der Waals surface area contributed by atoms with Crippen LogP contribution >= 0.6 is 21.6 Å². The van der Waals surface area contributed by atoms with E-state index in [4.69, 9.17) is 15.0 Å². The van der Waals surface area contributed by atoms with Crippen molar-refractivity contribution >= 4 is 27.5 Å². The minimum absolute atomic E-state index is 0.104. The van der Waals surface area contributed by atoms with Crippen LogP contribution in [0.15, 0.2) is 5.11 Å². The molecule has 0 aromatic heterocycles. The van der Waals surface area contributed by atoms with Crippen molar-refractivity contribution in [3.8, 4) is 0 Å². The van der Waals surface area contributed by atoms with Crippen LogP contribution in [0, 0.1) is 0 Å². The molecule has 0 bridgehead atoms. The van der Waals surface area contributed by atoms with Crippen LogP contribution in [-0.4, -0.2) is 56.4 Å². The van der Waals surface area contributed by atoms with Gasteiger partial charge in [-0.25, -0.2) is 0 Å². The average molecular weight is 363 g/mol. The van der Waals surface area contributed by atoms with Crippen LogP contribution in [-0.2, 0) is 14.3 Å².